The monoisotopic (exact) mass is 390 g/mol. The number of hydrogen-bond acceptors (Lipinski definition) is 5. The first-order chi connectivity index (χ1) is 12.9. The number of nitrogens with one attached hydrogen (secondary N) is 1. The van der Waals surface area contributed by atoms with E-state index in [1.54, 1.807) is 31.2 Å². The standard InChI is InChI=1S/C19H23ClN4O3/c1-12-6-3-4-9-16(12)21-17(25)11-27-19(26)18-13(2)22-24(23-18)15-8-5-7-14(20)10-15/h5,7-8,10,12,16H,3-4,6,9,11H2,1-2H3,(H,21,25)/t12-,16-/m0/s1. The van der Waals surface area contributed by atoms with Crippen LogP contribution in [0.4, 0.5) is 0 Å². The highest BCUT2D eigenvalue weighted by molar-refractivity contribution is 6.30. The molecule has 144 valence electrons. The number of benzene rings is 1. The zero-order chi connectivity index (χ0) is 19.4. The predicted molar refractivity (Wildman–Crippen MR) is 101 cm³/mol. The van der Waals surface area contributed by atoms with Gasteiger partial charge in [0, 0.05) is 11.1 Å². The van der Waals surface area contributed by atoms with Gasteiger partial charge in [0.25, 0.3) is 5.91 Å². The Hall–Kier alpha value is -2.41. The first-order valence-corrected chi connectivity index (χ1v) is 9.48. The summed E-state index contributed by atoms with van der Waals surface area (Å²) in [5, 5.41) is 11.9. The van der Waals surface area contributed by atoms with Gasteiger partial charge < -0.3 is 10.1 Å². The van der Waals surface area contributed by atoms with Crippen LogP contribution in [0.15, 0.2) is 24.3 Å². The number of carbonyl (C=O) groups is 2. The molecule has 1 amide bonds. The maximum absolute atomic E-state index is 12.3. The number of rotatable bonds is 5. The van der Waals surface area contributed by atoms with Gasteiger partial charge in [-0.15, -0.1) is 5.10 Å². The molecule has 1 fully saturated rings. The number of carbonyl (C=O) groups excluding carboxylic acids is 2. The third-order valence-corrected chi connectivity index (χ3v) is 5.04. The molecule has 8 heteroatoms. The Kier molecular flexibility index (Phi) is 6.11. The molecule has 0 radical (unpaired) electrons. The van der Waals surface area contributed by atoms with Gasteiger partial charge in [0.05, 0.1) is 11.4 Å². The van der Waals surface area contributed by atoms with E-state index in [0.717, 1.165) is 19.3 Å². The lowest BCUT2D eigenvalue weighted by atomic mass is 9.86. The van der Waals surface area contributed by atoms with Crippen LogP contribution >= 0.6 is 11.6 Å². The van der Waals surface area contributed by atoms with E-state index in [-0.39, 0.29) is 24.2 Å². The number of aromatic nitrogens is 3. The summed E-state index contributed by atoms with van der Waals surface area (Å²) in [4.78, 5) is 25.7. The minimum atomic E-state index is -0.673. The fourth-order valence-electron chi connectivity index (χ4n) is 3.26. The summed E-state index contributed by atoms with van der Waals surface area (Å²) in [6.45, 7) is 3.47. The highest BCUT2D eigenvalue weighted by atomic mass is 35.5. The summed E-state index contributed by atoms with van der Waals surface area (Å²) < 4.78 is 5.13. The molecule has 1 saturated carbocycles. The smallest absolute Gasteiger partial charge is 0.361 e. The van der Waals surface area contributed by atoms with Crippen molar-refractivity contribution in [1.82, 2.24) is 20.3 Å². The number of halogens is 1. The number of nitrogens with zero attached hydrogens (tertiary/aromatic N) is 3. The van der Waals surface area contributed by atoms with E-state index in [9.17, 15) is 9.59 Å². The zero-order valence-electron chi connectivity index (χ0n) is 15.4. The van der Waals surface area contributed by atoms with Gasteiger partial charge in [0.1, 0.15) is 0 Å². The normalized spacial score (nSPS) is 19.5. The molecule has 0 aliphatic heterocycles. The Balaban J connectivity index is 1.59. The average Bonchev–Trinajstić information content (AvgIpc) is 3.03. The molecule has 1 aliphatic rings. The van der Waals surface area contributed by atoms with Crippen molar-refractivity contribution in [1.29, 1.82) is 0 Å². The van der Waals surface area contributed by atoms with Crippen LogP contribution in [0.2, 0.25) is 5.02 Å². The van der Waals surface area contributed by atoms with E-state index in [4.69, 9.17) is 16.3 Å². The van der Waals surface area contributed by atoms with E-state index in [1.807, 2.05) is 0 Å². The van der Waals surface area contributed by atoms with E-state index in [0.29, 0.717) is 22.3 Å². The van der Waals surface area contributed by atoms with E-state index < -0.39 is 5.97 Å². The maximum Gasteiger partial charge on any atom is 0.361 e. The molecule has 1 aromatic carbocycles. The third kappa shape index (κ3) is 4.86. The topological polar surface area (TPSA) is 86.1 Å². The Bertz CT molecular complexity index is 836. The van der Waals surface area contributed by atoms with Crippen LogP contribution in [0.25, 0.3) is 5.69 Å². The van der Waals surface area contributed by atoms with Crippen molar-refractivity contribution in [3.63, 3.8) is 0 Å². The molecule has 1 heterocycles. The van der Waals surface area contributed by atoms with Crippen LogP contribution < -0.4 is 5.32 Å². The van der Waals surface area contributed by atoms with Gasteiger partial charge in [-0.05, 0) is 43.9 Å². The minimum Gasteiger partial charge on any atom is -0.451 e. The molecule has 0 spiro atoms. The first-order valence-electron chi connectivity index (χ1n) is 9.10. The van der Waals surface area contributed by atoms with E-state index in [2.05, 4.69) is 22.4 Å². The predicted octanol–water partition coefficient (Wildman–Crippen LogP) is 3.08. The Morgan fingerprint density at radius 2 is 2.07 bits per heavy atom. The number of hydrogen-bond donors (Lipinski definition) is 1. The number of esters is 1. The SMILES string of the molecule is Cc1nn(-c2cccc(Cl)c2)nc1C(=O)OCC(=O)N[C@H]1CCCC[C@@H]1C. The highest BCUT2D eigenvalue weighted by Gasteiger charge is 2.24. The number of aryl methyl sites for hydroxylation is 1. The third-order valence-electron chi connectivity index (χ3n) is 4.81. The molecule has 2 atom stereocenters. The maximum atomic E-state index is 12.3. The van der Waals surface area contributed by atoms with Crippen LogP contribution in [0.5, 0.6) is 0 Å². The molecule has 1 aliphatic carbocycles. The Morgan fingerprint density at radius 3 is 2.81 bits per heavy atom. The van der Waals surface area contributed by atoms with Crippen molar-refractivity contribution < 1.29 is 14.3 Å². The second-order valence-electron chi connectivity index (χ2n) is 6.92. The highest BCUT2D eigenvalue weighted by Crippen LogP contribution is 2.23. The summed E-state index contributed by atoms with van der Waals surface area (Å²) in [6, 6.07) is 7.12. The fourth-order valence-corrected chi connectivity index (χ4v) is 3.45. The van der Waals surface area contributed by atoms with Crippen LogP contribution in [-0.4, -0.2) is 39.5 Å². The molecule has 2 aromatic rings. The summed E-state index contributed by atoms with van der Waals surface area (Å²) in [5.74, 6) is -0.521. The second kappa shape index (κ2) is 8.52. The number of amides is 1. The minimum absolute atomic E-state index is 0.0776. The molecule has 0 unspecified atom stereocenters. The molecule has 0 saturated heterocycles. The quantitative estimate of drug-likeness (QED) is 0.793. The summed E-state index contributed by atoms with van der Waals surface area (Å²) in [5.41, 5.74) is 1.13. The molecular formula is C19H23ClN4O3. The molecule has 7 nitrogen and oxygen atoms in total. The van der Waals surface area contributed by atoms with Gasteiger partial charge in [-0.25, -0.2) is 4.79 Å². The van der Waals surface area contributed by atoms with Crippen molar-refractivity contribution in [3.8, 4) is 5.69 Å². The Labute approximate surface area is 163 Å². The van der Waals surface area contributed by atoms with E-state index in [1.165, 1.54) is 11.2 Å². The van der Waals surface area contributed by atoms with Crippen molar-refractivity contribution in [2.75, 3.05) is 6.61 Å². The summed E-state index contributed by atoms with van der Waals surface area (Å²) in [6.07, 6.45) is 4.38. The van der Waals surface area contributed by atoms with Gasteiger partial charge in [0.2, 0.25) is 0 Å². The molecule has 1 N–H and O–H groups in total. The number of ether oxygens (including phenoxy) is 1. The molecule has 1 aromatic heterocycles. The average molecular weight is 391 g/mol. The van der Waals surface area contributed by atoms with Gasteiger partial charge >= 0.3 is 5.97 Å². The molecule has 0 bridgehead atoms. The van der Waals surface area contributed by atoms with Gasteiger partial charge in [-0.3, -0.25) is 4.79 Å². The molecule has 27 heavy (non-hydrogen) atoms. The lowest BCUT2D eigenvalue weighted by Crippen LogP contribution is -2.42. The van der Waals surface area contributed by atoms with Crippen molar-refractivity contribution in [3.05, 3.63) is 40.7 Å². The second-order valence-corrected chi connectivity index (χ2v) is 7.35. The molecule has 3 rings (SSSR count). The van der Waals surface area contributed by atoms with Gasteiger partial charge in [-0.1, -0.05) is 37.4 Å². The summed E-state index contributed by atoms with van der Waals surface area (Å²) >= 11 is 5.97. The Morgan fingerprint density at radius 1 is 1.30 bits per heavy atom. The fraction of sp³-hybridized carbons (Fsp3) is 0.474. The van der Waals surface area contributed by atoms with Crippen LogP contribution in [0, 0.1) is 12.8 Å². The van der Waals surface area contributed by atoms with Crippen molar-refractivity contribution >= 4 is 23.5 Å². The van der Waals surface area contributed by atoms with Crippen LogP contribution in [0.1, 0.15) is 48.8 Å². The van der Waals surface area contributed by atoms with Crippen molar-refractivity contribution in [2.45, 2.75) is 45.6 Å². The zero-order valence-corrected chi connectivity index (χ0v) is 16.2. The van der Waals surface area contributed by atoms with Crippen molar-refractivity contribution in [2.24, 2.45) is 5.92 Å². The van der Waals surface area contributed by atoms with Gasteiger partial charge in [-0.2, -0.15) is 9.90 Å². The lowest BCUT2D eigenvalue weighted by molar-refractivity contribution is -0.125. The van der Waals surface area contributed by atoms with Gasteiger partial charge in [0.15, 0.2) is 12.3 Å². The summed E-state index contributed by atoms with van der Waals surface area (Å²) in [7, 11) is 0. The first kappa shape index (κ1) is 19.4. The van der Waals surface area contributed by atoms with Crippen LogP contribution in [0.3, 0.4) is 0 Å². The lowest BCUT2D eigenvalue weighted by Gasteiger charge is -2.29. The van der Waals surface area contributed by atoms with E-state index >= 15 is 0 Å². The molecular weight excluding hydrogens is 368 g/mol. The largest absolute Gasteiger partial charge is 0.451 e. The van der Waals surface area contributed by atoms with Crippen LogP contribution in [-0.2, 0) is 9.53 Å².